The first-order chi connectivity index (χ1) is 8.60. The number of rotatable bonds is 3. The Hall–Kier alpha value is -1.56. The van der Waals surface area contributed by atoms with Gasteiger partial charge in [-0.1, -0.05) is 0 Å². The number of amides is 2. The second kappa shape index (κ2) is 5.39. The zero-order chi connectivity index (χ0) is 13.1. The number of benzene rings is 1. The number of ether oxygens (including phenoxy) is 1. The highest BCUT2D eigenvalue weighted by Crippen LogP contribution is 2.25. The second-order valence-corrected chi connectivity index (χ2v) is 4.88. The van der Waals surface area contributed by atoms with Crippen molar-refractivity contribution < 1.29 is 14.3 Å². The Balaban J connectivity index is 2.05. The molecule has 0 aromatic heterocycles. The van der Waals surface area contributed by atoms with Crippen LogP contribution in [0.2, 0.25) is 0 Å². The minimum atomic E-state index is -0.195. The number of hydrogen-bond acceptors (Lipinski definition) is 3. The first-order valence-corrected chi connectivity index (χ1v) is 6.30. The minimum absolute atomic E-state index is 0.0313. The summed E-state index contributed by atoms with van der Waals surface area (Å²) in [6.07, 6.45) is 0.336. The average molecular weight is 313 g/mol. The van der Waals surface area contributed by atoms with E-state index in [0.29, 0.717) is 24.3 Å². The molecule has 0 saturated carbocycles. The Morgan fingerprint density at radius 1 is 1.56 bits per heavy atom. The number of carbonyl (C=O) groups is 2. The maximum absolute atomic E-state index is 11.9. The first kappa shape index (κ1) is 12.9. The average Bonchev–Trinajstić information content (AvgIpc) is 2.74. The predicted molar refractivity (Wildman–Crippen MR) is 69.6 cm³/mol. The van der Waals surface area contributed by atoms with E-state index in [-0.39, 0.29) is 17.9 Å². The van der Waals surface area contributed by atoms with Gasteiger partial charge in [-0.3, -0.25) is 9.59 Å². The van der Waals surface area contributed by atoms with Gasteiger partial charge in [0, 0.05) is 18.5 Å². The highest BCUT2D eigenvalue weighted by molar-refractivity contribution is 9.10. The second-order valence-electron chi connectivity index (χ2n) is 4.03. The van der Waals surface area contributed by atoms with Crippen LogP contribution in [0.3, 0.4) is 0 Å². The molecule has 0 spiro atoms. The van der Waals surface area contributed by atoms with Crippen molar-refractivity contribution in [3.05, 3.63) is 28.2 Å². The molecule has 5 nitrogen and oxygen atoms in total. The van der Waals surface area contributed by atoms with E-state index in [9.17, 15) is 9.59 Å². The van der Waals surface area contributed by atoms with E-state index in [4.69, 9.17) is 4.74 Å². The fourth-order valence-corrected chi connectivity index (χ4v) is 2.32. The molecule has 1 fully saturated rings. The van der Waals surface area contributed by atoms with Crippen molar-refractivity contribution in [2.75, 3.05) is 13.7 Å². The Morgan fingerprint density at radius 2 is 2.33 bits per heavy atom. The maximum atomic E-state index is 11.9. The molecule has 2 rings (SSSR count). The highest BCUT2D eigenvalue weighted by Gasteiger charge is 2.23. The smallest absolute Gasteiger partial charge is 0.251 e. The van der Waals surface area contributed by atoms with Crippen molar-refractivity contribution in [1.29, 1.82) is 0 Å². The fourth-order valence-electron chi connectivity index (χ4n) is 1.78. The molecule has 1 unspecified atom stereocenters. The lowest BCUT2D eigenvalue weighted by atomic mass is 10.2. The molecule has 1 aromatic carbocycles. The number of carbonyl (C=O) groups excluding carboxylic acids is 2. The van der Waals surface area contributed by atoms with Gasteiger partial charge in [0.1, 0.15) is 5.75 Å². The van der Waals surface area contributed by atoms with Crippen molar-refractivity contribution in [2.24, 2.45) is 0 Å². The molecular weight excluding hydrogens is 300 g/mol. The Morgan fingerprint density at radius 3 is 2.89 bits per heavy atom. The van der Waals surface area contributed by atoms with E-state index >= 15 is 0 Å². The van der Waals surface area contributed by atoms with Gasteiger partial charge < -0.3 is 15.4 Å². The van der Waals surface area contributed by atoms with Crippen LogP contribution in [0.4, 0.5) is 0 Å². The summed E-state index contributed by atoms with van der Waals surface area (Å²) in [7, 11) is 1.57. The molecule has 0 radical (unpaired) electrons. The van der Waals surface area contributed by atoms with Gasteiger partial charge in [0.25, 0.3) is 5.91 Å². The van der Waals surface area contributed by atoms with E-state index in [1.165, 1.54) is 0 Å². The SMILES string of the molecule is COc1ccc(C(=O)NC2CNC(=O)C2)cc1Br. The van der Waals surface area contributed by atoms with E-state index in [1.54, 1.807) is 25.3 Å². The molecule has 2 N–H and O–H groups in total. The topological polar surface area (TPSA) is 67.4 Å². The standard InChI is InChI=1S/C12H13BrN2O3/c1-18-10-3-2-7(4-9(10)13)12(17)15-8-5-11(16)14-6-8/h2-4,8H,5-6H2,1H3,(H,14,16)(H,15,17). The summed E-state index contributed by atoms with van der Waals surface area (Å²) in [5.41, 5.74) is 0.530. The molecule has 0 aliphatic carbocycles. The van der Waals surface area contributed by atoms with Gasteiger partial charge in [-0.05, 0) is 34.1 Å². The molecular formula is C12H13BrN2O3. The van der Waals surface area contributed by atoms with Gasteiger partial charge >= 0.3 is 0 Å². The molecule has 96 valence electrons. The largest absolute Gasteiger partial charge is 0.496 e. The van der Waals surface area contributed by atoms with Crippen LogP contribution in [0.25, 0.3) is 0 Å². The van der Waals surface area contributed by atoms with E-state index in [1.807, 2.05) is 0 Å². The monoisotopic (exact) mass is 312 g/mol. The van der Waals surface area contributed by atoms with E-state index < -0.39 is 0 Å². The molecule has 18 heavy (non-hydrogen) atoms. The van der Waals surface area contributed by atoms with Crippen LogP contribution in [0.1, 0.15) is 16.8 Å². The third-order valence-corrected chi connectivity index (χ3v) is 3.35. The van der Waals surface area contributed by atoms with Gasteiger partial charge in [-0.2, -0.15) is 0 Å². The van der Waals surface area contributed by atoms with Crippen LogP contribution in [0, 0.1) is 0 Å². The molecule has 1 atom stereocenters. The normalized spacial score (nSPS) is 18.3. The molecule has 6 heteroatoms. The summed E-state index contributed by atoms with van der Waals surface area (Å²) >= 11 is 3.33. The van der Waals surface area contributed by atoms with Crippen molar-refractivity contribution in [3.63, 3.8) is 0 Å². The van der Waals surface area contributed by atoms with Crippen LogP contribution in [-0.2, 0) is 4.79 Å². The first-order valence-electron chi connectivity index (χ1n) is 5.51. The van der Waals surface area contributed by atoms with Gasteiger partial charge in [0.05, 0.1) is 17.6 Å². The fraction of sp³-hybridized carbons (Fsp3) is 0.333. The summed E-state index contributed by atoms with van der Waals surface area (Å²) < 4.78 is 5.81. The summed E-state index contributed by atoms with van der Waals surface area (Å²) in [5.74, 6) is 0.445. The number of halogens is 1. The quantitative estimate of drug-likeness (QED) is 0.877. The number of methoxy groups -OCH3 is 1. The van der Waals surface area contributed by atoms with Crippen LogP contribution < -0.4 is 15.4 Å². The van der Waals surface area contributed by atoms with Crippen LogP contribution in [0.5, 0.6) is 5.75 Å². The van der Waals surface area contributed by atoms with Crippen LogP contribution in [-0.4, -0.2) is 31.5 Å². The molecule has 1 saturated heterocycles. The zero-order valence-electron chi connectivity index (χ0n) is 9.83. The lowest BCUT2D eigenvalue weighted by molar-refractivity contribution is -0.119. The molecule has 2 amide bonds. The van der Waals surface area contributed by atoms with Gasteiger partial charge in [-0.25, -0.2) is 0 Å². The summed E-state index contributed by atoms with van der Waals surface area (Å²) in [6, 6.07) is 4.96. The Labute approximate surface area is 113 Å². The third-order valence-electron chi connectivity index (χ3n) is 2.73. The van der Waals surface area contributed by atoms with Crippen molar-refractivity contribution in [1.82, 2.24) is 10.6 Å². The lowest BCUT2D eigenvalue weighted by Gasteiger charge is -2.11. The third kappa shape index (κ3) is 2.81. The molecule has 1 aromatic rings. The molecule has 1 aliphatic heterocycles. The molecule has 1 aliphatic rings. The van der Waals surface area contributed by atoms with Crippen LogP contribution >= 0.6 is 15.9 Å². The van der Waals surface area contributed by atoms with Crippen LogP contribution in [0.15, 0.2) is 22.7 Å². The van der Waals surface area contributed by atoms with Crippen molar-refractivity contribution in [2.45, 2.75) is 12.5 Å². The molecule has 1 heterocycles. The van der Waals surface area contributed by atoms with Gasteiger partial charge in [-0.15, -0.1) is 0 Å². The summed E-state index contributed by atoms with van der Waals surface area (Å²) in [6.45, 7) is 0.488. The Bertz CT molecular complexity index is 490. The highest BCUT2D eigenvalue weighted by atomic mass is 79.9. The molecule has 0 bridgehead atoms. The minimum Gasteiger partial charge on any atom is -0.496 e. The van der Waals surface area contributed by atoms with Gasteiger partial charge in [0.15, 0.2) is 0 Å². The van der Waals surface area contributed by atoms with E-state index in [0.717, 1.165) is 4.47 Å². The lowest BCUT2D eigenvalue weighted by Crippen LogP contribution is -2.36. The Kier molecular flexibility index (Phi) is 3.86. The summed E-state index contributed by atoms with van der Waals surface area (Å²) in [4.78, 5) is 23.0. The van der Waals surface area contributed by atoms with E-state index in [2.05, 4.69) is 26.6 Å². The van der Waals surface area contributed by atoms with Crippen molar-refractivity contribution >= 4 is 27.7 Å². The van der Waals surface area contributed by atoms with Gasteiger partial charge in [0.2, 0.25) is 5.91 Å². The summed E-state index contributed by atoms with van der Waals surface area (Å²) in [5, 5.41) is 5.48. The zero-order valence-corrected chi connectivity index (χ0v) is 11.4. The predicted octanol–water partition coefficient (Wildman–Crippen LogP) is 1.08. The maximum Gasteiger partial charge on any atom is 0.251 e. The number of hydrogen-bond donors (Lipinski definition) is 2. The van der Waals surface area contributed by atoms with Crippen molar-refractivity contribution in [3.8, 4) is 5.75 Å². The number of nitrogens with one attached hydrogen (secondary N) is 2.